The molecule has 0 aromatic carbocycles. The molecule has 0 bridgehead atoms. The minimum Gasteiger partial charge on any atom is -0.368 e. The Labute approximate surface area is 118 Å². The van der Waals surface area contributed by atoms with Crippen molar-refractivity contribution in [2.45, 2.75) is 57.7 Å². The SMILES string of the molecule is Cc1nn(C(C)CC(C)(NC2CC2)C(N)=O)cc1Cl. The van der Waals surface area contributed by atoms with Gasteiger partial charge in [0.1, 0.15) is 0 Å². The van der Waals surface area contributed by atoms with E-state index in [2.05, 4.69) is 10.4 Å². The van der Waals surface area contributed by atoms with Crippen LogP contribution in [0.2, 0.25) is 5.02 Å². The zero-order chi connectivity index (χ0) is 14.2. The van der Waals surface area contributed by atoms with E-state index in [1.807, 2.05) is 20.8 Å². The normalized spacial score (nSPS) is 20.0. The first-order chi connectivity index (χ1) is 8.82. The number of rotatable bonds is 6. The second-order valence-corrected chi connectivity index (χ2v) is 6.12. The van der Waals surface area contributed by atoms with Gasteiger partial charge in [0.2, 0.25) is 5.91 Å². The Bertz CT molecular complexity index is 463. The number of nitrogens with one attached hydrogen (secondary N) is 1. The second-order valence-electron chi connectivity index (χ2n) is 5.71. The van der Waals surface area contributed by atoms with Gasteiger partial charge in [-0.1, -0.05) is 11.6 Å². The largest absolute Gasteiger partial charge is 0.368 e. The van der Waals surface area contributed by atoms with Gasteiger partial charge in [0.05, 0.1) is 22.3 Å². The van der Waals surface area contributed by atoms with Gasteiger partial charge in [-0.05, 0) is 40.0 Å². The molecular weight excluding hydrogens is 264 g/mol. The lowest BCUT2D eigenvalue weighted by Gasteiger charge is -2.30. The fraction of sp³-hybridized carbons (Fsp3) is 0.692. The van der Waals surface area contributed by atoms with Crippen LogP contribution in [-0.2, 0) is 4.79 Å². The van der Waals surface area contributed by atoms with Crippen molar-refractivity contribution in [3.8, 4) is 0 Å². The van der Waals surface area contributed by atoms with Crippen LogP contribution in [0.25, 0.3) is 0 Å². The maximum absolute atomic E-state index is 11.7. The van der Waals surface area contributed by atoms with E-state index >= 15 is 0 Å². The summed E-state index contributed by atoms with van der Waals surface area (Å²) in [5, 5.41) is 8.33. The predicted octanol–water partition coefficient (Wildman–Crippen LogP) is 1.79. The van der Waals surface area contributed by atoms with Gasteiger partial charge in [-0.2, -0.15) is 5.10 Å². The van der Waals surface area contributed by atoms with Crippen LogP contribution in [0, 0.1) is 6.92 Å². The van der Waals surface area contributed by atoms with Gasteiger partial charge < -0.3 is 11.1 Å². The molecule has 2 rings (SSSR count). The molecule has 2 atom stereocenters. The van der Waals surface area contributed by atoms with E-state index in [-0.39, 0.29) is 11.9 Å². The number of amides is 1. The molecule has 19 heavy (non-hydrogen) atoms. The van der Waals surface area contributed by atoms with E-state index in [1.165, 1.54) is 0 Å². The van der Waals surface area contributed by atoms with Gasteiger partial charge in [-0.25, -0.2) is 0 Å². The van der Waals surface area contributed by atoms with Gasteiger partial charge in [-0.3, -0.25) is 9.48 Å². The van der Waals surface area contributed by atoms with Crippen LogP contribution >= 0.6 is 11.6 Å². The summed E-state index contributed by atoms with van der Waals surface area (Å²) in [6.07, 6.45) is 4.62. The number of hydrogen-bond donors (Lipinski definition) is 2. The van der Waals surface area contributed by atoms with Crippen molar-refractivity contribution < 1.29 is 4.79 Å². The Hall–Kier alpha value is -1.07. The third-order valence-electron chi connectivity index (χ3n) is 3.66. The topological polar surface area (TPSA) is 72.9 Å². The van der Waals surface area contributed by atoms with Crippen molar-refractivity contribution in [1.82, 2.24) is 15.1 Å². The van der Waals surface area contributed by atoms with E-state index in [0.717, 1.165) is 18.5 Å². The molecule has 1 aromatic rings. The van der Waals surface area contributed by atoms with E-state index in [0.29, 0.717) is 17.5 Å². The first-order valence-corrected chi connectivity index (χ1v) is 6.98. The number of nitrogens with zero attached hydrogens (tertiary/aromatic N) is 2. The first-order valence-electron chi connectivity index (χ1n) is 6.60. The second kappa shape index (κ2) is 5.13. The fourth-order valence-corrected chi connectivity index (χ4v) is 2.42. The number of aromatic nitrogens is 2. The Balaban J connectivity index is 2.09. The summed E-state index contributed by atoms with van der Waals surface area (Å²) in [6.45, 7) is 5.74. The molecule has 106 valence electrons. The third kappa shape index (κ3) is 3.28. The van der Waals surface area contributed by atoms with Crippen LogP contribution in [0.3, 0.4) is 0 Å². The molecule has 5 nitrogen and oxygen atoms in total. The van der Waals surface area contributed by atoms with Gasteiger partial charge >= 0.3 is 0 Å². The average molecular weight is 285 g/mol. The molecule has 1 heterocycles. The maximum Gasteiger partial charge on any atom is 0.237 e. The standard InChI is InChI=1S/C13H21ClN4O/c1-8(18-7-11(14)9(2)17-18)6-13(3,12(15)19)16-10-4-5-10/h7-8,10,16H,4-6H2,1-3H3,(H2,15,19). The molecule has 6 heteroatoms. The van der Waals surface area contributed by atoms with Crippen LogP contribution in [0.15, 0.2) is 6.20 Å². The van der Waals surface area contributed by atoms with E-state index in [9.17, 15) is 4.79 Å². The quantitative estimate of drug-likeness (QED) is 0.836. The summed E-state index contributed by atoms with van der Waals surface area (Å²) >= 11 is 6.01. The van der Waals surface area contributed by atoms with Gasteiger partial charge in [0, 0.05) is 12.2 Å². The van der Waals surface area contributed by atoms with Crippen LogP contribution in [-0.4, -0.2) is 27.3 Å². The highest BCUT2D eigenvalue weighted by molar-refractivity contribution is 6.31. The van der Waals surface area contributed by atoms with Gasteiger partial charge in [0.25, 0.3) is 0 Å². The lowest BCUT2D eigenvalue weighted by molar-refractivity contribution is -0.124. The van der Waals surface area contributed by atoms with Crippen molar-refractivity contribution in [2.75, 3.05) is 0 Å². The van der Waals surface area contributed by atoms with Crippen molar-refractivity contribution in [2.24, 2.45) is 5.73 Å². The van der Waals surface area contributed by atoms with Crippen LogP contribution in [0.5, 0.6) is 0 Å². The van der Waals surface area contributed by atoms with Crippen molar-refractivity contribution in [3.63, 3.8) is 0 Å². The monoisotopic (exact) mass is 284 g/mol. The summed E-state index contributed by atoms with van der Waals surface area (Å²) in [5.74, 6) is -0.318. The molecule has 2 unspecified atom stereocenters. The van der Waals surface area contributed by atoms with Crippen molar-refractivity contribution in [3.05, 3.63) is 16.9 Å². The molecular formula is C13H21ClN4O. The van der Waals surface area contributed by atoms with E-state index in [1.54, 1.807) is 10.9 Å². The summed E-state index contributed by atoms with van der Waals surface area (Å²) in [4.78, 5) is 11.7. The van der Waals surface area contributed by atoms with Crippen LogP contribution in [0.1, 0.15) is 44.8 Å². The lowest BCUT2D eigenvalue weighted by Crippen LogP contribution is -2.55. The average Bonchev–Trinajstić information content (AvgIpc) is 3.04. The smallest absolute Gasteiger partial charge is 0.237 e. The van der Waals surface area contributed by atoms with Crippen molar-refractivity contribution in [1.29, 1.82) is 0 Å². The summed E-state index contributed by atoms with van der Waals surface area (Å²) in [7, 11) is 0. The zero-order valence-electron chi connectivity index (χ0n) is 11.6. The first kappa shape index (κ1) is 14.3. The summed E-state index contributed by atoms with van der Waals surface area (Å²) in [5.41, 5.74) is 5.65. The van der Waals surface area contributed by atoms with Crippen LogP contribution < -0.4 is 11.1 Å². The number of primary amides is 1. The highest BCUT2D eigenvalue weighted by Crippen LogP contribution is 2.28. The fourth-order valence-electron chi connectivity index (χ4n) is 2.28. The summed E-state index contributed by atoms with van der Waals surface area (Å²) < 4.78 is 1.80. The zero-order valence-corrected chi connectivity index (χ0v) is 12.4. The third-order valence-corrected chi connectivity index (χ3v) is 4.03. The molecule has 0 spiro atoms. The molecule has 0 aliphatic heterocycles. The van der Waals surface area contributed by atoms with Gasteiger partial charge in [0.15, 0.2) is 0 Å². The molecule has 1 fully saturated rings. The number of carbonyl (C=O) groups excluding carboxylic acids is 1. The predicted molar refractivity (Wildman–Crippen MR) is 75.1 cm³/mol. The highest BCUT2D eigenvalue weighted by Gasteiger charge is 2.38. The molecule has 0 saturated heterocycles. The molecule has 3 N–H and O–H groups in total. The molecule has 1 amide bonds. The Morgan fingerprint density at radius 3 is 2.79 bits per heavy atom. The highest BCUT2D eigenvalue weighted by atomic mass is 35.5. The Kier molecular flexibility index (Phi) is 3.87. The summed E-state index contributed by atoms with van der Waals surface area (Å²) in [6, 6.07) is 0.475. The maximum atomic E-state index is 11.7. The Morgan fingerprint density at radius 1 is 1.74 bits per heavy atom. The molecule has 1 aliphatic carbocycles. The number of nitrogens with two attached hydrogens (primary N) is 1. The van der Waals surface area contributed by atoms with E-state index < -0.39 is 5.54 Å². The molecule has 1 aliphatic rings. The molecule has 1 saturated carbocycles. The van der Waals surface area contributed by atoms with E-state index in [4.69, 9.17) is 17.3 Å². The molecule has 0 radical (unpaired) electrons. The van der Waals surface area contributed by atoms with Crippen molar-refractivity contribution >= 4 is 17.5 Å². The number of halogens is 1. The number of carbonyl (C=O) groups is 1. The molecule has 1 aromatic heterocycles. The lowest BCUT2D eigenvalue weighted by atomic mass is 9.92. The van der Waals surface area contributed by atoms with Crippen LogP contribution in [0.4, 0.5) is 0 Å². The number of hydrogen-bond acceptors (Lipinski definition) is 3. The minimum atomic E-state index is -0.701. The minimum absolute atomic E-state index is 0.0509. The Morgan fingerprint density at radius 2 is 2.37 bits per heavy atom. The number of aryl methyl sites for hydroxylation is 1. The van der Waals surface area contributed by atoms with Gasteiger partial charge in [-0.15, -0.1) is 0 Å².